The maximum absolute atomic E-state index is 6.66. The van der Waals surface area contributed by atoms with Crippen molar-refractivity contribution in [2.75, 3.05) is 0 Å². The van der Waals surface area contributed by atoms with Gasteiger partial charge in [-0.25, -0.2) is 9.97 Å². The molecule has 0 saturated carbocycles. The van der Waals surface area contributed by atoms with Crippen molar-refractivity contribution in [3.8, 4) is 0 Å². The van der Waals surface area contributed by atoms with Gasteiger partial charge in [-0.1, -0.05) is 54.6 Å². The first-order chi connectivity index (χ1) is 23.7. The molecule has 12 rings (SSSR count). The smallest absolute Gasteiger partial charge is 0.216 e. The summed E-state index contributed by atoms with van der Waals surface area (Å²) < 4.78 is 18.4. The van der Waals surface area contributed by atoms with Gasteiger partial charge < -0.3 is 13.6 Å². The standard InChI is InChI=1S/C40H24N6OS/c1-43-30-11-5-6-12-31(30)46-35-28(42-39(43)46)17-15-24-26-20-22(14-19-33(26)47-37(24)35)21-44-36-32(45-29-10-4-3-9-27(29)41-40(44)45)18-16-25-23-8-2-7-13-34(23)48-38(25)36/h2-20H,21H2,1H3. The van der Waals surface area contributed by atoms with Crippen LogP contribution in [0, 0.1) is 0 Å². The molecule has 0 unspecified atom stereocenters. The van der Waals surface area contributed by atoms with Gasteiger partial charge in [0.15, 0.2) is 5.58 Å². The number of rotatable bonds is 2. The van der Waals surface area contributed by atoms with Gasteiger partial charge in [-0.3, -0.25) is 8.80 Å². The average molecular weight is 637 g/mol. The molecule has 0 amide bonds. The van der Waals surface area contributed by atoms with Gasteiger partial charge in [0.2, 0.25) is 11.6 Å². The number of imidazole rings is 4. The minimum absolute atomic E-state index is 0.675. The zero-order chi connectivity index (χ0) is 31.2. The highest BCUT2D eigenvalue weighted by Gasteiger charge is 2.22. The third-order valence-electron chi connectivity index (χ3n) is 10.2. The number of thiophene rings is 1. The van der Waals surface area contributed by atoms with Crippen molar-refractivity contribution in [1.82, 2.24) is 27.9 Å². The predicted octanol–water partition coefficient (Wildman–Crippen LogP) is 10.1. The van der Waals surface area contributed by atoms with Crippen LogP contribution in [0.15, 0.2) is 120 Å². The molecule has 0 N–H and O–H groups in total. The second-order valence-corrected chi connectivity index (χ2v) is 13.8. The molecule has 0 fully saturated rings. The Bertz CT molecular complexity index is 3340. The quantitative estimate of drug-likeness (QED) is 0.190. The Morgan fingerprint density at radius 3 is 2.33 bits per heavy atom. The number of hydrogen-bond donors (Lipinski definition) is 0. The van der Waals surface area contributed by atoms with Crippen LogP contribution in [-0.4, -0.2) is 27.9 Å². The van der Waals surface area contributed by atoms with Crippen molar-refractivity contribution in [2.45, 2.75) is 6.54 Å². The van der Waals surface area contributed by atoms with Crippen LogP contribution in [0.25, 0.3) is 97.8 Å². The lowest BCUT2D eigenvalue weighted by atomic mass is 10.1. The highest BCUT2D eigenvalue weighted by Crippen LogP contribution is 2.41. The number of nitrogens with zero attached hydrogens (tertiary/aromatic N) is 6. The molecule has 48 heavy (non-hydrogen) atoms. The maximum atomic E-state index is 6.66. The average Bonchev–Trinajstić information content (AvgIpc) is 3.95. The Balaban J connectivity index is 1.12. The fourth-order valence-electron chi connectivity index (χ4n) is 8.09. The summed E-state index contributed by atoms with van der Waals surface area (Å²) >= 11 is 1.86. The minimum Gasteiger partial charge on any atom is -0.454 e. The van der Waals surface area contributed by atoms with E-state index in [1.165, 1.54) is 36.8 Å². The molecule has 7 nitrogen and oxygen atoms in total. The summed E-state index contributed by atoms with van der Waals surface area (Å²) in [6.45, 7) is 0.675. The molecular formula is C40H24N6OS. The van der Waals surface area contributed by atoms with E-state index in [4.69, 9.17) is 14.4 Å². The molecule has 0 saturated heterocycles. The van der Waals surface area contributed by atoms with Crippen molar-refractivity contribution in [3.05, 3.63) is 121 Å². The summed E-state index contributed by atoms with van der Waals surface area (Å²) in [5.41, 5.74) is 11.6. The zero-order valence-electron chi connectivity index (χ0n) is 25.7. The van der Waals surface area contributed by atoms with E-state index >= 15 is 0 Å². The van der Waals surface area contributed by atoms with E-state index in [0.29, 0.717) is 6.54 Å². The number of benzene rings is 6. The maximum Gasteiger partial charge on any atom is 0.216 e. The molecular weight excluding hydrogens is 613 g/mol. The van der Waals surface area contributed by atoms with Gasteiger partial charge in [0.25, 0.3) is 0 Å². The monoisotopic (exact) mass is 636 g/mol. The topological polar surface area (TPSA) is 57.6 Å². The van der Waals surface area contributed by atoms with Gasteiger partial charge in [-0.05, 0) is 66.2 Å². The molecule has 0 aliphatic carbocycles. The molecule has 226 valence electrons. The highest BCUT2D eigenvalue weighted by molar-refractivity contribution is 7.26. The zero-order valence-corrected chi connectivity index (χ0v) is 26.5. The van der Waals surface area contributed by atoms with E-state index in [9.17, 15) is 0 Å². The van der Waals surface area contributed by atoms with E-state index in [2.05, 4.69) is 140 Å². The Morgan fingerprint density at radius 2 is 1.40 bits per heavy atom. The van der Waals surface area contributed by atoms with Crippen LogP contribution in [-0.2, 0) is 13.6 Å². The molecule has 6 aromatic carbocycles. The summed E-state index contributed by atoms with van der Waals surface area (Å²) in [5.74, 6) is 1.86. The number of aryl methyl sites for hydroxylation is 1. The molecule has 12 aromatic rings. The lowest BCUT2D eigenvalue weighted by molar-refractivity contribution is 0.671. The SMILES string of the molecule is Cn1c2ccccc2n2c3c(ccc4c5cc(Cn6c7c8sc9ccccc9c8ccc7n7c8ccccc8nc67)ccc5oc43)nc12. The fourth-order valence-corrected chi connectivity index (χ4v) is 9.35. The lowest BCUT2D eigenvalue weighted by Crippen LogP contribution is -2.00. The summed E-state index contributed by atoms with van der Waals surface area (Å²) in [4.78, 5) is 10.2. The van der Waals surface area contributed by atoms with Crippen molar-refractivity contribution < 1.29 is 4.42 Å². The molecule has 0 aliphatic heterocycles. The first kappa shape index (κ1) is 25.0. The predicted molar refractivity (Wildman–Crippen MR) is 197 cm³/mol. The summed E-state index contributed by atoms with van der Waals surface area (Å²) in [7, 11) is 2.07. The third kappa shape index (κ3) is 2.99. The Hall–Kier alpha value is -6.12. The van der Waals surface area contributed by atoms with Crippen LogP contribution in [0.2, 0.25) is 0 Å². The Kier molecular flexibility index (Phi) is 4.49. The molecule has 0 aliphatic rings. The van der Waals surface area contributed by atoms with Gasteiger partial charge in [0.05, 0.1) is 49.9 Å². The normalized spacial score (nSPS) is 12.8. The second kappa shape index (κ2) is 8.61. The number of aromatic nitrogens is 6. The molecule has 6 heterocycles. The van der Waals surface area contributed by atoms with Gasteiger partial charge in [0, 0.05) is 33.3 Å². The van der Waals surface area contributed by atoms with E-state index in [1.54, 1.807) is 0 Å². The molecule has 0 radical (unpaired) electrons. The van der Waals surface area contributed by atoms with Crippen LogP contribution in [0.5, 0.6) is 0 Å². The largest absolute Gasteiger partial charge is 0.454 e. The molecule has 6 aromatic heterocycles. The number of hydrogen-bond acceptors (Lipinski definition) is 4. The summed E-state index contributed by atoms with van der Waals surface area (Å²) in [5, 5.41) is 4.78. The Labute approximate surface area is 275 Å². The molecule has 8 heteroatoms. The molecule has 0 bridgehead atoms. The number of furan rings is 1. The van der Waals surface area contributed by atoms with Crippen molar-refractivity contribution in [3.63, 3.8) is 0 Å². The van der Waals surface area contributed by atoms with Crippen molar-refractivity contribution in [1.29, 1.82) is 0 Å². The Morgan fingerprint density at radius 1 is 0.604 bits per heavy atom. The first-order valence-electron chi connectivity index (χ1n) is 16.1. The minimum atomic E-state index is 0.675. The third-order valence-corrected chi connectivity index (χ3v) is 11.4. The molecule has 0 spiro atoms. The number of para-hydroxylation sites is 4. The fraction of sp³-hybridized carbons (Fsp3) is 0.0500. The van der Waals surface area contributed by atoms with Gasteiger partial charge in [-0.2, -0.15) is 0 Å². The van der Waals surface area contributed by atoms with Crippen LogP contribution < -0.4 is 0 Å². The van der Waals surface area contributed by atoms with Gasteiger partial charge in [-0.15, -0.1) is 11.3 Å². The first-order valence-corrected chi connectivity index (χ1v) is 16.9. The van der Waals surface area contributed by atoms with Crippen molar-refractivity contribution >= 4 is 109 Å². The van der Waals surface area contributed by atoms with E-state index in [-0.39, 0.29) is 0 Å². The molecule has 0 atom stereocenters. The summed E-state index contributed by atoms with van der Waals surface area (Å²) in [6.07, 6.45) is 0. The number of fused-ring (bicyclic) bond motifs is 18. The van der Waals surface area contributed by atoms with Crippen LogP contribution in [0.1, 0.15) is 5.56 Å². The van der Waals surface area contributed by atoms with E-state index < -0.39 is 0 Å². The van der Waals surface area contributed by atoms with Gasteiger partial charge >= 0.3 is 0 Å². The highest BCUT2D eigenvalue weighted by atomic mass is 32.1. The second-order valence-electron chi connectivity index (χ2n) is 12.8. The van der Waals surface area contributed by atoms with E-state index in [0.717, 1.165) is 66.6 Å². The van der Waals surface area contributed by atoms with Crippen LogP contribution >= 0.6 is 11.3 Å². The van der Waals surface area contributed by atoms with Gasteiger partial charge in [0.1, 0.15) is 11.1 Å². The lowest BCUT2D eigenvalue weighted by Gasteiger charge is -2.07. The summed E-state index contributed by atoms with van der Waals surface area (Å²) in [6, 6.07) is 41.0. The van der Waals surface area contributed by atoms with Crippen LogP contribution in [0.3, 0.4) is 0 Å². The van der Waals surface area contributed by atoms with Crippen LogP contribution in [0.4, 0.5) is 0 Å². The van der Waals surface area contributed by atoms with E-state index in [1.807, 2.05) is 11.3 Å². The van der Waals surface area contributed by atoms with Crippen molar-refractivity contribution in [2.24, 2.45) is 7.05 Å².